The zero-order chi connectivity index (χ0) is 13.8. The molecule has 3 aliphatic rings. The molecule has 0 aromatic heterocycles. The second kappa shape index (κ2) is 7.24. The van der Waals surface area contributed by atoms with Crippen LogP contribution in [-0.2, 0) is 0 Å². The Kier molecular flexibility index (Phi) is 5.36. The van der Waals surface area contributed by atoms with Gasteiger partial charge in [0, 0.05) is 31.8 Å². The van der Waals surface area contributed by atoms with Crippen LogP contribution in [0.4, 0.5) is 0 Å². The molecule has 0 amide bonds. The lowest BCUT2D eigenvalue weighted by Gasteiger charge is -2.46. The van der Waals surface area contributed by atoms with Crippen LogP contribution in [0.1, 0.15) is 57.8 Å². The summed E-state index contributed by atoms with van der Waals surface area (Å²) in [5, 5.41) is 12.9. The van der Waals surface area contributed by atoms with Gasteiger partial charge in [0.15, 0.2) is 0 Å². The second-order valence-electron chi connectivity index (χ2n) is 7.41. The van der Waals surface area contributed by atoms with E-state index in [0.717, 1.165) is 24.3 Å². The van der Waals surface area contributed by atoms with Gasteiger partial charge in [-0.2, -0.15) is 0 Å². The Morgan fingerprint density at radius 2 is 1.80 bits per heavy atom. The van der Waals surface area contributed by atoms with Crippen molar-refractivity contribution in [3.8, 4) is 0 Å². The summed E-state index contributed by atoms with van der Waals surface area (Å²) in [5.74, 6) is 1.76. The third kappa shape index (κ3) is 3.75. The fourth-order valence-electron chi connectivity index (χ4n) is 4.06. The molecular formula is C17H32N2O. The van der Waals surface area contributed by atoms with E-state index in [9.17, 15) is 0 Å². The minimum atomic E-state index is 0.361. The van der Waals surface area contributed by atoms with Crippen LogP contribution in [0.5, 0.6) is 0 Å². The lowest BCUT2D eigenvalue weighted by atomic mass is 9.83. The van der Waals surface area contributed by atoms with Crippen molar-refractivity contribution in [1.29, 1.82) is 0 Å². The molecule has 0 bridgehead atoms. The zero-order valence-corrected chi connectivity index (χ0v) is 12.9. The van der Waals surface area contributed by atoms with Crippen molar-refractivity contribution < 1.29 is 5.11 Å². The van der Waals surface area contributed by atoms with E-state index >= 15 is 0 Å². The van der Waals surface area contributed by atoms with Gasteiger partial charge in [0.1, 0.15) is 0 Å². The van der Waals surface area contributed by atoms with Crippen LogP contribution in [0.3, 0.4) is 0 Å². The Hall–Kier alpha value is -0.120. The maximum atomic E-state index is 9.08. The molecule has 3 nitrogen and oxygen atoms in total. The maximum absolute atomic E-state index is 9.08. The summed E-state index contributed by atoms with van der Waals surface area (Å²) in [6.45, 7) is 4.16. The fraction of sp³-hybridized carbons (Fsp3) is 1.00. The van der Waals surface area contributed by atoms with E-state index in [1.54, 1.807) is 0 Å². The van der Waals surface area contributed by atoms with Gasteiger partial charge in [0.2, 0.25) is 0 Å². The van der Waals surface area contributed by atoms with E-state index < -0.39 is 0 Å². The molecule has 2 N–H and O–H groups in total. The Balaban J connectivity index is 1.48. The zero-order valence-electron chi connectivity index (χ0n) is 12.9. The van der Waals surface area contributed by atoms with Gasteiger partial charge < -0.3 is 10.4 Å². The third-order valence-electron chi connectivity index (χ3n) is 5.85. The number of aliphatic hydroxyl groups is 1. The van der Waals surface area contributed by atoms with Crippen molar-refractivity contribution in [2.75, 3.05) is 26.2 Å². The van der Waals surface area contributed by atoms with E-state index in [-0.39, 0.29) is 0 Å². The maximum Gasteiger partial charge on any atom is 0.0431 e. The van der Waals surface area contributed by atoms with E-state index in [4.69, 9.17) is 5.11 Å². The quantitative estimate of drug-likeness (QED) is 0.751. The minimum Gasteiger partial charge on any atom is -0.396 e. The normalized spacial score (nSPS) is 32.9. The van der Waals surface area contributed by atoms with Crippen molar-refractivity contribution in [2.24, 2.45) is 11.8 Å². The highest BCUT2D eigenvalue weighted by molar-refractivity contribution is 4.90. The van der Waals surface area contributed by atoms with Crippen LogP contribution in [0, 0.1) is 11.8 Å². The summed E-state index contributed by atoms with van der Waals surface area (Å²) in [5.41, 5.74) is 0. The third-order valence-corrected chi connectivity index (χ3v) is 5.85. The number of hydrogen-bond acceptors (Lipinski definition) is 3. The summed E-state index contributed by atoms with van der Waals surface area (Å²) in [7, 11) is 0. The molecule has 2 atom stereocenters. The number of nitrogens with zero attached hydrogens (tertiary/aromatic N) is 1. The van der Waals surface area contributed by atoms with Crippen molar-refractivity contribution in [3.63, 3.8) is 0 Å². The van der Waals surface area contributed by atoms with Crippen LogP contribution >= 0.6 is 0 Å². The Labute approximate surface area is 124 Å². The summed E-state index contributed by atoms with van der Waals surface area (Å²) < 4.78 is 0. The highest BCUT2D eigenvalue weighted by Crippen LogP contribution is 2.31. The number of aliphatic hydroxyl groups excluding tert-OH is 1. The van der Waals surface area contributed by atoms with Gasteiger partial charge in [-0.1, -0.05) is 12.8 Å². The largest absolute Gasteiger partial charge is 0.396 e. The second-order valence-corrected chi connectivity index (χ2v) is 7.41. The Morgan fingerprint density at radius 3 is 2.40 bits per heavy atom. The molecule has 0 aromatic carbocycles. The standard InChI is InChI=1S/C17H32N2O/c20-9-3-6-15-10-16(18-11-14-4-1-5-14)13-19(12-15)17-7-2-8-17/h14-18,20H,1-13H2. The van der Waals surface area contributed by atoms with Crippen LogP contribution in [0.25, 0.3) is 0 Å². The average molecular weight is 280 g/mol. The van der Waals surface area contributed by atoms with Crippen LogP contribution in [0.2, 0.25) is 0 Å². The first-order valence-electron chi connectivity index (χ1n) is 8.93. The molecule has 3 heteroatoms. The fourth-order valence-corrected chi connectivity index (χ4v) is 4.06. The molecule has 116 valence electrons. The summed E-state index contributed by atoms with van der Waals surface area (Å²) in [6.07, 6.45) is 12.1. The van der Waals surface area contributed by atoms with Gasteiger partial charge in [-0.3, -0.25) is 4.90 Å². The van der Waals surface area contributed by atoms with Gasteiger partial charge in [0.25, 0.3) is 0 Å². The van der Waals surface area contributed by atoms with E-state index in [1.807, 2.05) is 0 Å². The lowest BCUT2D eigenvalue weighted by Crippen LogP contribution is -2.55. The van der Waals surface area contributed by atoms with Gasteiger partial charge in [-0.05, 0) is 63.3 Å². The molecule has 2 unspecified atom stereocenters. The van der Waals surface area contributed by atoms with Crippen molar-refractivity contribution in [3.05, 3.63) is 0 Å². The number of piperidine rings is 1. The summed E-state index contributed by atoms with van der Waals surface area (Å²) >= 11 is 0. The molecule has 1 heterocycles. The smallest absolute Gasteiger partial charge is 0.0431 e. The van der Waals surface area contributed by atoms with Gasteiger partial charge >= 0.3 is 0 Å². The van der Waals surface area contributed by atoms with Crippen molar-refractivity contribution in [1.82, 2.24) is 10.2 Å². The molecule has 2 saturated carbocycles. The van der Waals surface area contributed by atoms with Crippen LogP contribution < -0.4 is 5.32 Å². The molecule has 20 heavy (non-hydrogen) atoms. The predicted octanol–water partition coefficient (Wildman–Crippen LogP) is 2.39. The van der Waals surface area contributed by atoms with E-state index in [0.29, 0.717) is 12.6 Å². The molecule has 3 fully saturated rings. The highest BCUT2D eigenvalue weighted by atomic mass is 16.2. The van der Waals surface area contributed by atoms with Crippen molar-refractivity contribution in [2.45, 2.75) is 69.9 Å². The summed E-state index contributed by atoms with van der Waals surface area (Å²) in [4.78, 5) is 2.76. The molecule has 2 aliphatic carbocycles. The first kappa shape index (κ1) is 14.8. The highest BCUT2D eigenvalue weighted by Gasteiger charge is 2.33. The minimum absolute atomic E-state index is 0.361. The van der Waals surface area contributed by atoms with Gasteiger partial charge in [-0.15, -0.1) is 0 Å². The molecular weight excluding hydrogens is 248 g/mol. The predicted molar refractivity (Wildman–Crippen MR) is 82.8 cm³/mol. The van der Waals surface area contributed by atoms with E-state index in [2.05, 4.69) is 10.2 Å². The number of rotatable bonds is 7. The lowest BCUT2D eigenvalue weighted by molar-refractivity contribution is 0.0522. The number of hydrogen-bond donors (Lipinski definition) is 2. The SMILES string of the molecule is OCCCC1CC(NCC2CCC2)CN(C2CCC2)C1. The first-order valence-corrected chi connectivity index (χ1v) is 8.93. The number of nitrogens with one attached hydrogen (secondary N) is 1. The Bertz CT molecular complexity index is 289. The summed E-state index contributed by atoms with van der Waals surface area (Å²) in [6, 6.07) is 1.58. The first-order chi connectivity index (χ1) is 9.85. The van der Waals surface area contributed by atoms with Gasteiger partial charge in [-0.25, -0.2) is 0 Å². The molecule has 0 radical (unpaired) electrons. The molecule has 0 spiro atoms. The topological polar surface area (TPSA) is 35.5 Å². The molecule has 1 saturated heterocycles. The van der Waals surface area contributed by atoms with Crippen LogP contribution in [0.15, 0.2) is 0 Å². The average Bonchev–Trinajstić information content (AvgIpc) is 2.32. The van der Waals surface area contributed by atoms with Crippen LogP contribution in [-0.4, -0.2) is 48.3 Å². The molecule has 3 rings (SSSR count). The molecule has 1 aliphatic heterocycles. The Morgan fingerprint density at radius 1 is 1.00 bits per heavy atom. The number of likely N-dealkylation sites (tertiary alicyclic amines) is 1. The van der Waals surface area contributed by atoms with Gasteiger partial charge in [0.05, 0.1) is 0 Å². The van der Waals surface area contributed by atoms with E-state index in [1.165, 1.54) is 71.0 Å². The molecule has 0 aromatic rings. The van der Waals surface area contributed by atoms with Crippen molar-refractivity contribution >= 4 is 0 Å². The monoisotopic (exact) mass is 280 g/mol.